The highest BCUT2D eigenvalue weighted by atomic mass is 32.1. The van der Waals surface area contributed by atoms with Crippen LogP contribution in [0.3, 0.4) is 0 Å². The number of ether oxygens (including phenoxy) is 1. The number of nitrogens with one attached hydrogen (secondary N) is 2. The summed E-state index contributed by atoms with van der Waals surface area (Å²) in [6.07, 6.45) is 2.39. The van der Waals surface area contributed by atoms with Crippen LogP contribution in [-0.4, -0.2) is 23.2 Å². The van der Waals surface area contributed by atoms with Crippen molar-refractivity contribution in [2.45, 2.75) is 39.3 Å². The molecule has 0 unspecified atom stereocenters. The molecule has 0 bridgehead atoms. The van der Waals surface area contributed by atoms with E-state index in [0.717, 1.165) is 25.2 Å². The molecule has 1 aromatic heterocycles. The van der Waals surface area contributed by atoms with E-state index in [1.54, 1.807) is 11.3 Å². The molecule has 0 aliphatic rings. The number of nitrogens with zero attached hydrogens (tertiary/aromatic N) is 1. The highest BCUT2D eigenvalue weighted by molar-refractivity contribution is 7.09. The molecule has 0 aliphatic heterocycles. The zero-order valence-electron chi connectivity index (χ0n) is 13.8. The predicted octanol–water partition coefficient (Wildman–Crippen LogP) is 3.82. The number of benzene rings is 1. The lowest BCUT2D eigenvalue weighted by Crippen LogP contribution is -2.27. The van der Waals surface area contributed by atoms with Gasteiger partial charge in [-0.1, -0.05) is 12.1 Å². The molecule has 0 saturated heterocycles. The number of carbonyl (C=O) groups is 1. The van der Waals surface area contributed by atoms with Crippen LogP contribution in [0.15, 0.2) is 36.0 Å². The fourth-order valence-electron chi connectivity index (χ4n) is 1.95. The summed E-state index contributed by atoms with van der Waals surface area (Å²) in [7, 11) is 0. The van der Waals surface area contributed by atoms with Crippen LogP contribution in [0.1, 0.15) is 31.2 Å². The van der Waals surface area contributed by atoms with Crippen LogP contribution >= 0.6 is 11.3 Å². The second kappa shape index (κ2) is 8.08. The van der Waals surface area contributed by atoms with Crippen LogP contribution < -0.4 is 10.6 Å². The summed E-state index contributed by atoms with van der Waals surface area (Å²) in [5.74, 6) is 0. The number of amides is 1. The molecular weight excluding hydrogens is 310 g/mol. The third-order valence-electron chi connectivity index (χ3n) is 2.97. The Morgan fingerprint density at radius 1 is 1.26 bits per heavy atom. The van der Waals surface area contributed by atoms with Crippen LogP contribution in [0.5, 0.6) is 0 Å². The van der Waals surface area contributed by atoms with Crippen molar-refractivity contribution < 1.29 is 9.53 Å². The van der Waals surface area contributed by atoms with Gasteiger partial charge in [-0.15, -0.1) is 11.3 Å². The smallest absolute Gasteiger partial charge is 0.412 e. The predicted molar refractivity (Wildman–Crippen MR) is 93.8 cm³/mol. The molecule has 23 heavy (non-hydrogen) atoms. The number of anilines is 1. The Morgan fingerprint density at radius 2 is 2.00 bits per heavy atom. The van der Waals surface area contributed by atoms with E-state index in [1.165, 1.54) is 10.4 Å². The summed E-state index contributed by atoms with van der Waals surface area (Å²) < 4.78 is 5.22. The average molecular weight is 333 g/mol. The second-order valence-electron chi connectivity index (χ2n) is 6.22. The lowest BCUT2D eigenvalue weighted by molar-refractivity contribution is 0.0636. The van der Waals surface area contributed by atoms with Crippen LogP contribution in [0.2, 0.25) is 0 Å². The molecule has 2 rings (SSSR count). The summed E-state index contributed by atoms with van der Waals surface area (Å²) >= 11 is 1.65. The highest BCUT2D eigenvalue weighted by Gasteiger charge is 2.15. The van der Waals surface area contributed by atoms with Crippen molar-refractivity contribution in [1.82, 2.24) is 10.3 Å². The first-order chi connectivity index (χ1) is 10.9. The fourth-order valence-corrected chi connectivity index (χ4v) is 2.51. The van der Waals surface area contributed by atoms with Crippen LogP contribution in [0.25, 0.3) is 0 Å². The van der Waals surface area contributed by atoms with Crippen molar-refractivity contribution in [2.75, 3.05) is 11.9 Å². The number of thiazole rings is 1. The minimum Gasteiger partial charge on any atom is -0.444 e. The first kappa shape index (κ1) is 17.4. The molecular formula is C17H23N3O2S. The van der Waals surface area contributed by atoms with E-state index in [4.69, 9.17) is 4.74 Å². The van der Waals surface area contributed by atoms with Crippen LogP contribution in [0, 0.1) is 0 Å². The molecule has 0 saturated carbocycles. The van der Waals surface area contributed by atoms with E-state index in [-0.39, 0.29) is 0 Å². The summed E-state index contributed by atoms with van der Waals surface area (Å²) in [6, 6.07) is 7.81. The normalized spacial score (nSPS) is 11.3. The van der Waals surface area contributed by atoms with Crippen molar-refractivity contribution in [3.05, 3.63) is 46.4 Å². The SMILES string of the molecule is CC(C)(C)OC(=O)Nc1ccc(CCNCc2cncs2)cc1. The molecule has 6 heteroatoms. The monoisotopic (exact) mass is 333 g/mol. The Hall–Kier alpha value is -1.92. The first-order valence-corrected chi connectivity index (χ1v) is 8.47. The number of hydrogen-bond acceptors (Lipinski definition) is 5. The number of rotatable bonds is 6. The topological polar surface area (TPSA) is 63.2 Å². The summed E-state index contributed by atoms with van der Waals surface area (Å²) in [4.78, 5) is 17.0. The third kappa shape index (κ3) is 6.80. The molecule has 0 fully saturated rings. The minimum atomic E-state index is -0.492. The van der Waals surface area contributed by atoms with Crippen LogP contribution in [0.4, 0.5) is 10.5 Å². The lowest BCUT2D eigenvalue weighted by Gasteiger charge is -2.19. The number of hydrogen-bond donors (Lipinski definition) is 2. The molecule has 124 valence electrons. The summed E-state index contributed by atoms with van der Waals surface area (Å²) in [6.45, 7) is 7.28. The van der Waals surface area contributed by atoms with E-state index < -0.39 is 11.7 Å². The maximum atomic E-state index is 11.7. The standard InChI is InChI=1S/C17H23N3O2S/c1-17(2,3)22-16(21)20-14-6-4-13(5-7-14)8-9-18-10-15-11-19-12-23-15/h4-7,11-12,18H,8-10H2,1-3H3,(H,20,21). The van der Waals surface area contributed by atoms with Crippen molar-refractivity contribution >= 4 is 23.1 Å². The minimum absolute atomic E-state index is 0.434. The van der Waals surface area contributed by atoms with E-state index in [9.17, 15) is 4.79 Å². The van der Waals surface area contributed by atoms with Gasteiger partial charge in [0.1, 0.15) is 5.60 Å². The third-order valence-corrected chi connectivity index (χ3v) is 3.75. The Morgan fingerprint density at radius 3 is 2.61 bits per heavy atom. The summed E-state index contributed by atoms with van der Waals surface area (Å²) in [5, 5.41) is 6.12. The molecule has 0 aliphatic carbocycles. The first-order valence-electron chi connectivity index (χ1n) is 7.59. The van der Waals surface area contributed by atoms with Gasteiger partial charge in [-0.3, -0.25) is 10.3 Å². The Labute approximate surface area is 141 Å². The van der Waals surface area contributed by atoms with Gasteiger partial charge in [-0.05, 0) is 51.4 Å². The van der Waals surface area contributed by atoms with E-state index in [1.807, 2.05) is 56.7 Å². The Bertz CT molecular complexity index is 604. The Balaban J connectivity index is 1.72. The van der Waals surface area contributed by atoms with Gasteiger partial charge < -0.3 is 10.1 Å². The van der Waals surface area contributed by atoms with Crippen molar-refractivity contribution in [3.8, 4) is 0 Å². The molecule has 0 spiro atoms. The van der Waals surface area contributed by atoms with E-state index in [0.29, 0.717) is 0 Å². The molecule has 5 nitrogen and oxygen atoms in total. The van der Waals surface area contributed by atoms with Gasteiger partial charge in [0, 0.05) is 23.3 Å². The second-order valence-corrected chi connectivity index (χ2v) is 7.19. The quantitative estimate of drug-likeness (QED) is 0.789. The molecule has 1 aromatic carbocycles. The molecule has 0 radical (unpaired) electrons. The van der Waals surface area contributed by atoms with Crippen molar-refractivity contribution in [1.29, 1.82) is 0 Å². The molecule has 1 heterocycles. The maximum absolute atomic E-state index is 11.7. The van der Waals surface area contributed by atoms with Gasteiger partial charge in [0.05, 0.1) is 5.51 Å². The number of aromatic nitrogens is 1. The molecule has 1 amide bonds. The van der Waals surface area contributed by atoms with Gasteiger partial charge in [0.25, 0.3) is 0 Å². The van der Waals surface area contributed by atoms with Gasteiger partial charge in [-0.25, -0.2) is 4.79 Å². The van der Waals surface area contributed by atoms with Crippen molar-refractivity contribution in [3.63, 3.8) is 0 Å². The Kier molecular flexibility index (Phi) is 6.12. The van der Waals surface area contributed by atoms with Crippen molar-refractivity contribution in [2.24, 2.45) is 0 Å². The van der Waals surface area contributed by atoms with Gasteiger partial charge >= 0.3 is 6.09 Å². The van der Waals surface area contributed by atoms with Gasteiger partial charge in [0.2, 0.25) is 0 Å². The highest BCUT2D eigenvalue weighted by Crippen LogP contribution is 2.13. The van der Waals surface area contributed by atoms with Gasteiger partial charge in [-0.2, -0.15) is 0 Å². The van der Waals surface area contributed by atoms with Crippen LogP contribution in [-0.2, 0) is 17.7 Å². The summed E-state index contributed by atoms with van der Waals surface area (Å²) in [5.41, 5.74) is 3.30. The zero-order valence-corrected chi connectivity index (χ0v) is 14.6. The lowest BCUT2D eigenvalue weighted by atomic mass is 10.1. The fraction of sp³-hybridized carbons (Fsp3) is 0.412. The van der Waals surface area contributed by atoms with E-state index >= 15 is 0 Å². The zero-order chi connectivity index (χ0) is 16.7. The van der Waals surface area contributed by atoms with E-state index in [2.05, 4.69) is 15.6 Å². The maximum Gasteiger partial charge on any atom is 0.412 e. The average Bonchev–Trinajstić information content (AvgIpc) is 2.96. The molecule has 2 N–H and O–H groups in total. The number of carbonyl (C=O) groups excluding carboxylic acids is 1. The van der Waals surface area contributed by atoms with Gasteiger partial charge in [0.15, 0.2) is 0 Å². The largest absolute Gasteiger partial charge is 0.444 e. The molecule has 0 atom stereocenters. The molecule has 2 aromatic rings.